The molecule has 5 nitrogen and oxygen atoms in total. The van der Waals surface area contributed by atoms with Crippen LogP contribution in [0.25, 0.3) is 0 Å². The van der Waals surface area contributed by atoms with Gasteiger partial charge in [-0.05, 0) is 37.0 Å². The molecule has 1 fully saturated rings. The number of amides is 1. The number of rotatable bonds is 6. The van der Waals surface area contributed by atoms with E-state index < -0.39 is 11.4 Å². The van der Waals surface area contributed by atoms with Crippen LogP contribution in [0.2, 0.25) is 0 Å². The van der Waals surface area contributed by atoms with E-state index >= 15 is 0 Å². The topological polar surface area (TPSA) is 70.5 Å². The van der Waals surface area contributed by atoms with Crippen molar-refractivity contribution in [3.8, 4) is 0 Å². The Morgan fingerprint density at radius 2 is 2.00 bits per heavy atom. The highest BCUT2D eigenvalue weighted by molar-refractivity contribution is 5.89. The van der Waals surface area contributed by atoms with Crippen molar-refractivity contribution in [3.63, 3.8) is 0 Å². The van der Waals surface area contributed by atoms with Gasteiger partial charge in [0.05, 0.1) is 11.8 Å². The lowest BCUT2D eigenvalue weighted by Crippen LogP contribution is -2.36. The third-order valence-corrected chi connectivity index (χ3v) is 3.63. The van der Waals surface area contributed by atoms with Gasteiger partial charge in [0.2, 0.25) is 5.91 Å². The second kappa shape index (κ2) is 5.38. The molecule has 1 heterocycles. The summed E-state index contributed by atoms with van der Waals surface area (Å²) in [5, 5.41) is 8.85. The minimum atomic E-state index is -0.895. The highest BCUT2D eigenvalue weighted by atomic mass is 16.4. The number of carboxylic acid groups (broad SMARTS) is 1. The molecule has 2 rings (SSSR count). The number of nitrogens with zero attached hydrogens (tertiary/aromatic N) is 2. The summed E-state index contributed by atoms with van der Waals surface area (Å²) in [5.74, 6) is -0.933. The van der Waals surface area contributed by atoms with E-state index in [1.54, 1.807) is 24.3 Å². The molecule has 1 N–H and O–H groups in total. The van der Waals surface area contributed by atoms with Crippen molar-refractivity contribution in [2.75, 3.05) is 13.6 Å². The molecule has 0 spiro atoms. The molecular formula is C14H18N2O3. The van der Waals surface area contributed by atoms with Crippen LogP contribution in [-0.2, 0) is 16.0 Å². The Kier molecular flexibility index (Phi) is 3.83. The van der Waals surface area contributed by atoms with Crippen molar-refractivity contribution in [1.82, 2.24) is 9.88 Å². The van der Waals surface area contributed by atoms with E-state index in [9.17, 15) is 9.59 Å². The Hall–Kier alpha value is -1.91. The average molecular weight is 262 g/mol. The summed E-state index contributed by atoms with van der Waals surface area (Å²) in [6, 6.07) is 3.84. The van der Waals surface area contributed by atoms with Gasteiger partial charge in [-0.25, -0.2) is 0 Å². The molecule has 0 saturated heterocycles. The van der Waals surface area contributed by atoms with E-state index in [2.05, 4.69) is 4.98 Å². The van der Waals surface area contributed by atoms with Crippen molar-refractivity contribution >= 4 is 11.9 Å². The molecule has 1 amide bonds. The van der Waals surface area contributed by atoms with Crippen LogP contribution < -0.4 is 0 Å². The summed E-state index contributed by atoms with van der Waals surface area (Å²) in [6.45, 7) is 0.601. The van der Waals surface area contributed by atoms with Gasteiger partial charge >= 0.3 is 5.97 Å². The fourth-order valence-corrected chi connectivity index (χ4v) is 2.26. The number of aliphatic carboxylic acids is 1. The van der Waals surface area contributed by atoms with E-state index in [0.717, 1.165) is 12.0 Å². The summed E-state index contributed by atoms with van der Waals surface area (Å²) in [6.07, 6.45) is 5.54. The maximum absolute atomic E-state index is 12.2. The van der Waals surface area contributed by atoms with Gasteiger partial charge < -0.3 is 10.0 Å². The maximum Gasteiger partial charge on any atom is 0.304 e. The highest BCUT2D eigenvalue weighted by Crippen LogP contribution is 2.50. The predicted octanol–water partition coefficient (Wildman–Crippen LogP) is 1.34. The monoisotopic (exact) mass is 262 g/mol. The fraction of sp³-hybridized carbons (Fsp3) is 0.500. The Morgan fingerprint density at radius 3 is 2.53 bits per heavy atom. The van der Waals surface area contributed by atoms with Crippen LogP contribution in [0.5, 0.6) is 0 Å². The predicted molar refractivity (Wildman–Crippen MR) is 69.5 cm³/mol. The van der Waals surface area contributed by atoms with Crippen molar-refractivity contribution in [2.24, 2.45) is 5.41 Å². The number of carbonyl (C=O) groups is 2. The number of carbonyl (C=O) groups excluding carboxylic acids is 1. The van der Waals surface area contributed by atoms with Crippen molar-refractivity contribution < 1.29 is 14.7 Å². The number of carboxylic acids is 1. The minimum Gasteiger partial charge on any atom is -0.481 e. The molecule has 0 aliphatic heterocycles. The summed E-state index contributed by atoms with van der Waals surface area (Å²) in [7, 11) is 1.74. The molecule has 1 aliphatic carbocycles. The molecule has 0 atom stereocenters. The number of aromatic nitrogens is 1. The van der Waals surface area contributed by atoms with Gasteiger partial charge in [-0.3, -0.25) is 14.6 Å². The summed E-state index contributed by atoms with van der Waals surface area (Å²) in [5.41, 5.74) is 0.497. The van der Waals surface area contributed by atoms with E-state index in [-0.39, 0.29) is 12.3 Å². The molecule has 19 heavy (non-hydrogen) atoms. The van der Waals surface area contributed by atoms with Gasteiger partial charge in [0.1, 0.15) is 0 Å². The first-order valence-corrected chi connectivity index (χ1v) is 6.40. The lowest BCUT2D eigenvalue weighted by atomic mass is 10.0. The van der Waals surface area contributed by atoms with E-state index in [1.807, 2.05) is 12.1 Å². The quantitative estimate of drug-likeness (QED) is 0.839. The SMILES string of the molecule is CN(CCc1ccncc1)C(=O)C1(CC(=O)O)CC1. The number of hydrogen-bond acceptors (Lipinski definition) is 3. The smallest absolute Gasteiger partial charge is 0.304 e. The van der Waals surface area contributed by atoms with Gasteiger partial charge in [-0.2, -0.15) is 0 Å². The van der Waals surface area contributed by atoms with E-state index in [4.69, 9.17) is 5.11 Å². The number of pyridine rings is 1. The van der Waals surface area contributed by atoms with Crippen molar-refractivity contribution in [2.45, 2.75) is 25.7 Å². The lowest BCUT2D eigenvalue weighted by molar-refractivity contribution is -0.145. The average Bonchev–Trinajstić information content (AvgIpc) is 3.16. The first kappa shape index (κ1) is 13.5. The van der Waals surface area contributed by atoms with Crippen LogP contribution in [0.3, 0.4) is 0 Å². The zero-order valence-corrected chi connectivity index (χ0v) is 11.0. The lowest BCUT2D eigenvalue weighted by Gasteiger charge is -2.22. The van der Waals surface area contributed by atoms with Gasteiger partial charge in [-0.1, -0.05) is 0 Å². The van der Waals surface area contributed by atoms with Crippen LogP contribution in [-0.4, -0.2) is 40.5 Å². The Morgan fingerprint density at radius 1 is 1.37 bits per heavy atom. The maximum atomic E-state index is 12.2. The standard InChI is InChI=1S/C14H18N2O3/c1-16(9-4-11-2-7-15-8-3-11)13(19)14(5-6-14)10-12(17)18/h2-3,7-8H,4-6,9-10H2,1H3,(H,17,18). The second-order valence-electron chi connectivity index (χ2n) is 5.18. The highest BCUT2D eigenvalue weighted by Gasteiger charge is 2.52. The van der Waals surface area contributed by atoms with E-state index in [1.165, 1.54) is 0 Å². The summed E-state index contributed by atoms with van der Waals surface area (Å²) >= 11 is 0. The second-order valence-corrected chi connectivity index (χ2v) is 5.18. The largest absolute Gasteiger partial charge is 0.481 e. The Bertz CT molecular complexity index is 469. The van der Waals surface area contributed by atoms with Crippen LogP contribution in [0.1, 0.15) is 24.8 Å². The van der Waals surface area contributed by atoms with Gasteiger partial charge in [0.25, 0.3) is 0 Å². The number of likely N-dealkylation sites (N-methyl/N-ethyl adjacent to an activating group) is 1. The summed E-state index contributed by atoms with van der Waals surface area (Å²) in [4.78, 5) is 28.6. The van der Waals surface area contributed by atoms with Crippen LogP contribution in [0.15, 0.2) is 24.5 Å². The van der Waals surface area contributed by atoms with Gasteiger partial charge in [0.15, 0.2) is 0 Å². The molecule has 0 radical (unpaired) electrons. The Labute approximate surface area is 112 Å². The molecular weight excluding hydrogens is 244 g/mol. The first-order chi connectivity index (χ1) is 9.03. The third kappa shape index (κ3) is 3.30. The Balaban J connectivity index is 1.88. The molecule has 1 aromatic rings. The molecule has 102 valence electrons. The molecule has 0 unspecified atom stereocenters. The van der Waals surface area contributed by atoms with Crippen molar-refractivity contribution in [1.29, 1.82) is 0 Å². The zero-order chi connectivity index (χ0) is 13.9. The fourth-order valence-electron chi connectivity index (χ4n) is 2.26. The van der Waals surface area contributed by atoms with Crippen LogP contribution in [0.4, 0.5) is 0 Å². The minimum absolute atomic E-state index is 0.0380. The molecule has 5 heteroatoms. The third-order valence-electron chi connectivity index (χ3n) is 3.63. The first-order valence-electron chi connectivity index (χ1n) is 6.40. The normalized spacial score (nSPS) is 15.8. The van der Waals surface area contributed by atoms with E-state index in [0.29, 0.717) is 19.4 Å². The number of hydrogen-bond donors (Lipinski definition) is 1. The van der Waals surface area contributed by atoms with Crippen LogP contribution >= 0.6 is 0 Å². The molecule has 0 bridgehead atoms. The molecule has 1 aromatic heterocycles. The molecule has 1 aliphatic rings. The molecule has 1 saturated carbocycles. The summed E-state index contributed by atoms with van der Waals surface area (Å²) < 4.78 is 0. The van der Waals surface area contributed by atoms with Gasteiger partial charge in [0, 0.05) is 26.0 Å². The van der Waals surface area contributed by atoms with Gasteiger partial charge in [-0.15, -0.1) is 0 Å². The molecule has 0 aromatic carbocycles. The van der Waals surface area contributed by atoms with Crippen molar-refractivity contribution in [3.05, 3.63) is 30.1 Å². The zero-order valence-electron chi connectivity index (χ0n) is 11.0. The van der Waals surface area contributed by atoms with Crippen LogP contribution in [0, 0.1) is 5.41 Å².